The second-order valence-electron chi connectivity index (χ2n) is 4.08. The van der Waals surface area contributed by atoms with Crippen LogP contribution in [0.5, 0.6) is 5.75 Å². The highest BCUT2D eigenvalue weighted by molar-refractivity contribution is 6.30. The van der Waals surface area contributed by atoms with Gasteiger partial charge in [0.15, 0.2) is 5.75 Å². The van der Waals surface area contributed by atoms with Gasteiger partial charge in [-0.25, -0.2) is 4.39 Å². The first-order valence-electron chi connectivity index (χ1n) is 5.76. The van der Waals surface area contributed by atoms with Crippen molar-refractivity contribution in [2.45, 2.75) is 6.61 Å². The van der Waals surface area contributed by atoms with E-state index in [0.717, 1.165) is 12.1 Å². The molecule has 0 amide bonds. The third-order valence-corrected chi connectivity index (χ3v) is 2.92. The van der Waals surface area contributed by atoms with E-state index in [9.17, 15) is 14.5 Å². The van der Waals surface area contributed by atoms with Crippen molar-refractivity contribution in [3.05, 3.63) is 68.5 Å². The topological polar surface area (TPSA) is 76.2 Å². The predicted molar refractivity (Wildman–Crippen MR) is 73.6 cm³/mol. The van der Waals surface area contributed by atoms with Gasteiger partial charge in [-0.3, -0.25) is 10.1 Å². The average molecular weight is 307 g/mol. The molecule has 0 aliphatic heterocycles. The largest absolute Gasteiger partial charge is 0.482 e. The molecular formula is C14H8ClFN2O3. The number of nitriles is 1. The lowest BCUT2D eigenvalue weighted by Gasteiger charge is -2.08. The standard InChI is InChI=1S/C14H8ClFN2O3/c15-11-3-2-10(12(16)6-11)8-21-14-4-1-9(7-17)5-13(14)18(19)20/h1-6H,8H2. The molecule has 106 valence electrons. The van der Waals surface area contributed by atoms with Gasteiger partial charge in [0.1, 0.15) is 12.4 Å². The van der Waals surface area contributed by atoms with Crippen LogP contribution in [0.4, 0.5) is 10.1 Å². The summed E-state index contributed by atoms with van der Waals surface area (Å²) in [6.45, 7) is -0.185. The first-order chi connectivity index (χ1) is 10.0. The smallest absolute Gasteiger partial charge is 0.312 e. The van der Waals surface area contributed by atoms with Crippen LogP contribution in [0.1, 0.15) is 11.1 Å². The van der Waals surface area contributed by atoms with Gasteiger partial charge in [0, 0.05) is 16.7 Å². The zero-order chi connectivity index (χ0) is 15.4. The molecule has 0 heterocycles. The summed E-state index contributed by atoms with van der Waals surface area (Å²) in [5, 5.41) is 19.9. The summed E-state index contributed by atoms with van der Waals surface area (Å²) in [7, 11) is 0. The van der Waals surface area contributed by atoms with Gasteiger partial charge < -0.3 is 4.74 Å². The van der Waals surface area contributed by atoms with E-state index >= 15 is 0 Å². The lowest BCUT2D eigenvalue weighted by atomic mass is 10.2. The highest BCUT2D eigenvalue weighted by Crippen LogP contribution is 2.29. The molecule has 0 aromatic heterocycles. The van der Waals surface area contributed by atoms with Crippen LogP contribution in [0.25, 0.3) is 0 Å². The van der Waals surface area contributed by atoms with Crippen molar-refractivity contribution < 1.29 is 14.1 Å². The normalized spacial score (nSPS) is 9.95. The lowest BCUT2D eigenvalue weighted by Crippen LogP contribution is -2.01. The molecule has 0 atom stereocenters. The zero-order valence-electron chi connectivity index (χ0n) is 10.5. The molecule has 2 aromatic carbocycles. The fourth-order valence-corrected chi connectivity index (χ4v) is 1.80. The Morgan fingerprint density at radius 3 is 2.71 bits per heavy atom. The predicted octanol–water partition coefficient (Wildman–Crippen LogP) is 3.84. The highest BCUT2D eigenvalue weighted by Gasteiger charge is 2.16. The molecule has 0 N–H and O–H groups in total. The minimum Gasteiger partial charge on any atom is -0.482 e. The Balaban J connectivity index is 2.24. The number of hydrogen-bond donors (Lipinski definition) is 0. The first kappa shape index (κ1) is 14.8. The van der Waals surface area contributed by atoms with Crippen molar-refractivity contribution in [2.75, 3.05) is 0 Å². The summed E-state index contributed by atoms with van der Waals surface area (Å²) < 4.78 is 18.9. The molecule has 2 aromatic rings. The maximum absolute atomic E-state index is 13.6. The first-order valence-corrected chi connectivity index (χ1v) is 6.14. The summed E-state index contributed by atoms with van der Waals surface area (Å²) in [5.41, 5.74) is 0.0215. The van der Waals surface area contributed by atoms with Gasteiger partial charge in [-0.1, -0.05) is 17.7 Å². The molecule has 0 saturated carbocycles. The second kappa shape index (κ2) is 6.20. The van der Waals surface area contributed by atoms with Gasteiger partial charge in [0.25, 0.3) is 0 Å². The van der Waals surface area contributed by atoms with Gasteiger partial charge in [0.2, 0.25) is 0 Å². The second-order valence-corrected chi connectivity index (χ2v) is 4.51. The van der Waals surface area contributed by atoms with Crippen molar-refractivity contribution in [1.29, 1.82) is 5.26 Å². The van der Waals surface area contributed by atoms with Gasteiger partial charge in [0.05, 0.1) is 16.6 Å². The van der Waals surface area contributed by atoms with Crippen molar-refractivity contribution in [3.63, 3.8) is 0 Å². The SMILES string of the molecule is N#Cc1ccc(OCc2ccc(Cl)cc2F)c([N+](=O)[O-])c1. The molecule has 21 heavy (non-hydrogen) atoms. The van der Waals surface area contributed by atoms with E-state index in [2.05, 4.69) is 0 Å². The fraction of sp³-hybridized carbons (Fsp3) is 0.0714. The zero-order valence-corrected chi connectivity index (χ0v) is 11.3. The minimum absolute atomic E-state index is 0.0339. The van der Waals surface area contributed by atoms with Crippen LogP contribution in [0.2, 0.25) is 5.02 Å². The van der Waals surface area contributed by atoms with E-state index in [4.69, 9.17) is 21.6 Å². The molecule has 2 rings (SSSR count). The molecule has 0 radical (unpaired) electrons. The number of rotatable bonds is 4. The van der Waals surface area contributed by atoms with Crippen LogP contribution >= 0.6 is 11.6 Å². The summed E-state index contributed by atoms with van der Waals surface area (Å²) in [4.78, 5) is 10.3. The van der Waals surface area contributed by atoms with Crippen LogP contribution in [0.3, 0.4) is 0 Å². The van der Waals surface area contributed by atoms with Crippen molar-refractivity contribution in [1.82, 2.24) is 0 Å². The molecule has 0 aliphatic carbocycles. The van der Waals surface area contributed by atoms with Crippen LogP contribution in [0, 0.1) is 27.3 Å². The van der Waals surface area contributed by atoms with E-state index in [1.807, 2.05) is 0 Å². The van der Waals surface area contributed by atoms with E-state index in [1.165, 1.54) is 24.3 Å². The Hall–Kier alpha value is -2.65. The molecule has 0 fully saturated rings. The summed E-state index contributed by atoms with van der Waals surface area (Å²) in [5.74, 6) is -0.591. The minimum atomic E-state index is -0.658. The lowest BCUT2D eigenvalue weighted by molar-refractivity contribution is -0.386. The summed E-state index contributed by atoms with van der Waals surface area (Å²) >= 11 is 5.63. The molecule has 0 spiro atoms. The number of ether oxygens (including phenoxy) is 1. The maximum Gasteiger partial charge on any atom is 0.312 e. The van der Waals surface area contributed by atoms with Crippen LogP contribution < -0.4 is 4.74 Å². The Morgan fingerprint density at radius 1 is 1.33 bits per heavy atom. The Kier molecular flexibility index (Phi) is 4.36. The molecule has 0 unspecified atom stereocenters. The Labute approximate surface area is 124 Å². The van der Waals surface area contributed by atoms with E-state index in [1.54, 1.807) is 6.07 Å². The quantitative estimate of drug-likeness (QED) is 0.635. The average Bonchev–Trinajstić information content (AvgIpc) is 2.46. The fourth-order valence-electron chi connectivity index (χ4n) is 1.65. The van der Waals surface area contributed by atoms with Gasteiger partial charge in [-0.2, -0.15) is 5.26 Å². The van der Waals surface area contributed by atoms with Gasteiger partial charge >= 0.3 is 5.69 Å². The summed E-state index contributed by atoms with van der Waals surface area (Å²) in [6, 6.07) is 9.67. The number of hydrogen-bond acceptors (Lipinski definition) is 4. The highest BCUT2D eigenvalue weighted by atomic mass is 35.5. The molecule has 0 aliphatic rings. The van der Waals surface area contributed by atoms with Gasteiger partial charge in [-0.05, 0) is 24.3 Å². The van der Waals surface area contributed by atoms with Crippen LogP contribution in [0.15, 0.2) is 36.4 Å². The number of nitro benzene ring substituents is 1. The Morgan fingerprint density at radius 2 is 2.10 bits per heavy atom. The monoisotopic (exact) mass is 306 g/mol. The molecule has 5 nitrogen and oxygen atoms in total. The number of benzene rings is 2. The van der Waals surface area contributed by atoms with E-state index in [0.29, 0.717) is 0 Å². The van der Waals surface area contributed by atoms with Crippen LogP contribution in [-0.4, -0.2) is 4.92 Å². The van der Waals surface area contributed by atoms with Gasteiger partial charge in [-0.15, -0.1) is 0 Å². The molecule has 7 heteroatoms. The summed E-state index contributed by atoms with van der Waals surface area (Å²) in [6.07, 6.45) is 0. The van der Waals surface area contributed by atoms with Crippen molar-refractivity contribution in [3.8, 4) is 11.8 Å². The number of nitro groups is 1. The molecule has 0 saturated heterocycles. The van der Waals surface area contributed by atoms with Crippen molar-refractivity contribution in [2.24, 2.45) is 0 Å². The molecule has 0 bridgehead atoms. The maximum atomic E-state index is 13.6. The van der Waals surface area contributed by atoms with E-state index < -0.39 is 10.7 Å². The van der Waals surface area contributed by atoms with Crippen molar-refractivity contribution >= 4 is 17.3 Å². The Bertz CT molecular complexity index is 743. The van der Waals surface area contributed by atoms with Crippen LogP contribution in [-0.2, 0) is 6.61 Å². The molecular weight excluding hydrogens is 299 g/mol. The number of halogens is 2. The third kappa shape index (κ3) is 3.46. The number of nitrogens with zero attached hydrogens (tertiary/aromatic N) is 2. The third-order valence-electron chi connectivity index (χ3n) is 2.68. The van der Waals surface area contributed by atoms with E-state index in [-0.39, 0.29) is 34.2 Å².